The van der Waals surface area contributed by atoms with E-state index in [0.717, 1.165) is 12.1 Å². The number of aromatic nitrogens is 2. The molecule has 0 aliphatic carbocycles. The number of aromatic amines is 1. The van der Waals surface area contributed by atoms with Gasteiger partial charge in [0.05, 0.1) is 18.2 Å². The molecule has 2 heterocycles. The summed E-state index contributed by atoms with van der Waals surface area (Å²) in [5.74, 6) is 0. The summed E-state index contributed by atoms with van der Waals surface area (Å²) in [6.07, 6.45) is 5.99. The molecule has 0 radical (unpaired) electrons. The molecule has 1 saturated heterocycles. The monoisotopic (exact) mass is 284 g/mol. The van der Waals surface area contributed by atoms with Crippen molar-refractivity contribution >= 4 is 0 Å². The van der Waals surface area contributed by atoms with Crippen LogP contribution in [0.15, 0.2) is 36.8 Å². The summed E-state index contributed by atoms with van der Waals surface area (Å²) >= 11 is 0. The van der Waals surface area contributed by atoms with Gasteiger partial charge in [0.2, 0.25) is 0 Å². The highest BCUT2D eigenvalue weighted by molar-refractivity contribution is 5.58. The number of aryl methyl sites for hydroxylation is 1. The summed E-state index contributed by atoms with van der Waals surface area (Å²) in [6, 6.07) is 8.83. The fourth-order valence-corrected chi connectivity index (χ4v) is 2.84. The minimum absolute atomic E-state index is 1.08. The molecule has 0 saturated carbocycles. The predicted octanol–water partition coefficient (Wildman–Crippen LogP) is 2.26. The normalized spacial score (nSPS) is 17.2. The fourth-order valence-electron chi connectivity index (χ4n) is 2.84. The maximum Gasteiger partial charge on any atom is 0.0924 e. The van der Waals surface area contributed by atoms with Crippen molar-refractivity contribution < 1.29 is 0 Å². The number of imidazole rings is 1. The van der Waals surface area contributed by atoms with E-state index in [-0.39, 0.29) is 0 Å². The molecule has 1 aliphatic heterocycles. The predicted molar refractivity (Wildman–Crippen MR) is 86.3 cm³/mol. The quantitative estimate of drug-likeness (QED) is 0.914. The highest BCUT2D eigenvalue weighted by atomic mass is 15.2. The first-order chi connectivity index (χ1) is 10.3. The third kappa shape index (κ3) is 3.93. The molecule has 0 spiro atoms. The summed E-state index contributed by atoms with van der Waals surface area (Å²) in [5.41, 5.74) is 3.71. The van der Waals surface area contributed by atoms with Gasteiger partial charge in [-0.05, 0) is 37.6 Å². The van der Waals surface area contributed by atoms with Gasteiger partial charge in [-0.15, -0.1) is 0 Å². The molecule has 4 nitrogen and oxygen atoms in total. The Balaban J connectivity index is 1.45. The molecule has 0 unspecified atom stereocenters. The first-order valence-electron chi connectivity index (χ1n) is 7.80. The maximum atomic E-state index is 4.06. The molecular formula is C17H24N4. The number of nitrogens with zero attached hydrogens (tertiary/aromatic N) is 3. The van der Waals surface area contributed by atoms with Crippen LogP contribution in [0.4, 0.5) is 0 Å². The third-order valence-corrected chi connectivity index (χ3v) is 4.30. The van der Waals surface area contributed by atoms with Gasteiger partial charge < -0.3 is 14.8 Å². The van der Waals surface area contributed by atoms with Crippen LogP contribution in [-0.4, -0.2) is 59.5 Å². The summed E-state index contributed by atoms with van der Waals surface area (Å²) in [5, 5.41) is 0. The van der Waals surface area contributed by atoms with Crippen LogP contribution < -0.4 is 0 Å². The summed E-state index contributed by atoms with van der Waals surface area (Å²) in [6.45, 7) is 6.07. The number of piperazine rings is 1. The Morgan fingerprint density at radius 3 is 2.52 bits per heavy atom. The molecule has 21 heavy (non-hydrogen) atoms. The van der Waals surface area contributed by atoms with Crippen LogP contribution in [0, 0.1) is 0 Å². The lowest BCUT2D eigenvalue weighted by atomic mass is 10.1. The summed E-state index contributed by atoms with van der Waals surface area (Å²) in [4.78, 5) is 12.2. The fraction of sp³-hybridized carbons (Fsp3) is 0.471. The average molecular weight is 284 g/mol. The number of rotatable bonds is 5. The Morgan fingerprint density at radius 1 is 1.10 bits per heavy atom. The van der Waals surface area contributed by atoms with Gasteiger partial charge >= 0.3 is 0 Å². The molecular weight excluding hydrogens is 260 g/mol. The van der Waals surface area contributed by atoms with Crippen molar-refractivity contribution in [3.05, 3.63) is 42.4 Å². The molecule has 112 valence electrons. The smallest absolute Gasteiger partial charge is 0.0924 e. The molecule has 1 N–H and O–H groups in total. The molecule has 3 rings (SSSR count). The van der Waals surface area contributed by atoms with Crippen molar-refractivity contribution in [1.82, 2.24) is 19.8 Å². The molecule has 1 fully saturated rings. The first-order valence-corrected chi connectivity index (χ1v) is 7.80. The molecule has 1 aromatic carbocycles. The van der Waals surface area contributed by atoms with E-state index in [2.05, 4.69) is 51.1 Å². The standard InChI is InChI=1S/C17H24N4/c1-20-9-11-21(12-10-20)8-2-3-15-4-6-16(7-5-15)17-13-18-14-19-17/h4-7,13-14H,2-3,8-12H2,1H3,(H,18,19). The molecule has 1 aliphatic rings. The van der Waals surface area contributed by atoms with E-state index in [1.54, 1.807) is 6.33 Å². The first kappa shape index (κ1) is 14.3. The van der Waals surface area contributed by atoms with Crippen molar-refractivity contribution in [2.45, 2.75) is 12.8 Å². The average Bonchev–Trinajstić information content (AvgIpc) is 3.04. The largest absolute Gasteiger partial charge is 0.345 e. The van der Waals surface area contributed by atoms with Gasteiger partial charge in [-0.25, -0.2) is 4.98 Å². The van der Waals surface area contributed by atoms with E-state index >= 15 is 0 Å². The maximum absolute atomic E-state index is 4.06. The number of hydrogen-bond acceptors (Lipinski definition) is 3. The molecule has 2 aromatic rings. The van der Waals surface area contributed by atoms with E-state index in [4.69, 9.17) is 0 Å². The lowest BCUT2D eigenvalue weighted by Gasteiger charge is -2.32. The molecule has 0 bridgehead atoms. The van der Waals surface area contributed by atoms with Crippen LogP contribution in [0.25, 0.3) is 11.3 Å². The van der Waals surface area contributed by atoms with Crippen LogP contribution in [-0.2, 0) is 6.42 Å². The second-order valence-electron chi connectivity index (χ2n) is 5.91. The molecule has 0 atom stereocenters. The zero-order chi connectivity index (χ0) is 14.5. The van der Waals surface area contributed by atoms with Crippen molar-refractivity contribution in [3.63, 3.8) is 0 Å². The van der Waals surface area contributed by atoms with Crippen LogP contribution in [0.5, 0.6) is 0 Å². The lowest BCUT2D eigenvalue weighted by molar-refractivity contribution is 0.153. The SMILES string of the molecule is CN1CCN(CCCc2ccc(-c3cnc[nH]3)cc2)CC1. The van der Waals surface area contributed by atoms with Crippen molar-refractivity contribution in [3.8, 4) is 11.3 Å². The Bertz CT molecular complexity index is 524. The minimum atomic E-state index is 1.08. The highest BCUT2D eigenvalue weighted by Crippen LogP contribution is 2.17. The Hall–Kier alpha value is -1.65. The molecule has 4 heteroatoms. The topological polar surface area (TPSA) is 35.2 Å². The second kappa shape index (κ2) is 6.87. The Morgan fingerprint density at radius 2 is 1.86 bits per heavy atom. The van der Waals surface area contributed by atoms with E-state index in [1.807, 2.05) is 6.20 Å². The molecule has 1 aromatic heterocycles. The van der Waals surface area contributed by atoms with Crippen molar-refractivity contribution in [2.75, 3.05) is 39.8 Å². The number of benzene rings is 1. The van der Waals surface area contributed by atoms with E-state index in [9.17, 15) is 0 Å². The zero-order valence-corrected chi connectivity index (χ0v) is 12.8. The van der Waals surface area contributed by atoms with Crippen LogP contribution in [0.3, 0.4) is 0 Å². The summed E-state index contributed by atoms with van der Waals surface area (Å²) in [7, 11) is 2.21. The Labute approximate surface area is 126 Å². The van der Waals surface area contributed by atoms with E-state index in [1.165, 1.54) is 50.3 Å². The van der Waals surface area contributed by atoms with Crippen molar-refractivity contribution in [1.29, 1.82) is 0 Å². The van der Waals surface area contributed by atoms with Gasteiger partial charge in [0.25, 0.3) is 0 Å². The number of likely N-dealkylation sites (N-methyl/N-ethyl adjacent to an activating group) is 1. The Kier molecular flexibility index (Phi) is 4.68. The third-order valence-electron chi connectivity index (χ3n) is 4.30. The van der Waals surface area contributed by atoms with Gasteiger partial charge in [-0.3, -0.25) is 0 Å². The van der Waals surface area contributed by atoms with Crippen LogP contribution in [0.1, 0.15) is 12.0 Å². The number of nitrogens with one attached hydrogen (secondary N) is 1. The van der Waals surface area contributed by atoms with E-state index in [0.29, 0.717) is 0 Å². The summed E-state index contributed by atoms with van der Waals surface area (Å²) < 4.78 is 0. The van der Waals surface area contributed by atoms with Crippen LogP contribution in [0.2, 0.25) is 0 Å². The second-order valence-corrected chi connectivity index (χ2v) is 5.91. The van der Waals surface area contributed by atoms with Gasteiger partial charge in [0.15, 0.2) is 0 Å². The lowest BCUT2D eigenvalue weighted by Crippen LogP contribution is -2.44. The molecule has 0 amide bonds. The van der Waals surface area contributed by atoms with Gasteiger partial charge in [0, 0.05) is 26.2 Å². The van der Waals surface area contributed by atoms with E-state index < -0.39 is 0 Å². The van der Waals surface area contributed by atoms with Gasteiger partial charge in [-0.1, -0.05) is 24.3 Å². The zero-order valence-electron chi connectivity index (χ0n) is 12.8. The minimum Gasteiger partial charge on any atom is -0.345 e. The highest BCUT2D eigenvalue weighted by Gasteiger charge is 2.12. The number of H-pyrrole nitrogens is 1. The van der Waals surface area contributed by atoms with Gasteiger partial charge in [-0.2, -0.15) is 0 Å². The van der Waals surface area contributed by atoms with Crippen LogP contribution >= 0.6 is 0 Å². The van der Waals surface area contributed by atoms with Crippen molar-refractivity contribution in [2.24, 2.45) is 0 Å². The van der Waals surface area contributed by atoms with Gasteiger partial charge in [0.1, 0.15) is 0 Å². The number of hydrogen-bond donors (Lipinski definition) is 1.